The maximum Gasteiger partial charge on any atom is 0.123 e. The fourth-order valence-electron chi connectivity index (χ4n) is 2.10. The van der Waals surface area contributed by atoms with Gasteiger partial charge >= 0.3 is 0 Å². The Labute approximate surface area is 113 Å². The highest BCUT2D eigenvalue weighted by Crippen LogP contribution is 2.19. The second-order valence-electron chi connectivity index (χ2n) is 4.27. The molecule has 0 spiro atoms. The van der Waals surface area contributed by atoms with Crippen LogP contribution in [0.4, 0.5) is 4.39 Å². The highest BCUT2D eigenvalue weighted by atomic mass is 79.9. The Morgan fingerprint density at radius 2 is 1.78 bits per heavy atom. The molecular formula is C15H11BrFN. The molecule has 0 aliphatic carbocycles. The fourth-order valence-corrected chi connectivity index (χ4v) is 2.36. The molecule has 0 aliphatic heterocycles. The lowest BCUT2D eigenvalue weighted by atomic mass is 10.2. The van der Waals surface area contributed by atoms with E-state index in [0.717, 1.165) is 21.9 Å². The molecule has 90 valence electrons. The molecule has 0 atom stereocenters. The van der Waals surface area contributed by atoms with Crippen LogP contribution in [-0.2, 0) is 6.54 Å². The van der Waals surface area contributed by atoms with E-state index in [1.165, 1.54) is 11.6 Å². The van der Waals surface area contributed by atoms with Crippen molar-refractivity contribution in [2.45, 2.75) is 6.54 Å². The zero-order valence-corrected chi connectivity index (χ0v) is 11.2. The Morgan fingerprint density at radius 3 is 2.56 bits per heavy atom. The standard InChI is InChI=1S/C15H11BrFN/c16-13-3-1-11(2-4-13)10-18-8-7-12-9-14(17)5-6-15(12)18/h1-9H,10H2. The second-order valence-corrected chi connectivity index (χ2v) is 5.19. The van der Waals surface area contributed by atoms with Crippen LogP contribution >= 0.6 is 15.9 Å². The zero-order valence-electron chi connectivity index (χ0n) is 9.61. The van der Waals surface area contributed by atoms with E-state index in [1.807, 2.05) is 30.5 Å². The molecule has 0 N–H and O–H groups in total. The van der Waals surface area contributed by atoms with Crippen molar-refractivity contribution in [2.75, 3.05) is 0 Å². The first-order valence-electron chi connectivity index (χ1n) is 5.71. The van der Waals surface area contributed by atoms with E-state index in [0.29, 0.717) is 0 Å². The number of nitrogens with zero attached hydrogens (tertiary/aromatic N) is 1. The molecule has 1 heterocycles. The Bertz CT molecular complexity index is 685. The Morgan fingerprint density at radius 1 is 1.00 bits per heavy atom. The van der Waals surface area contributed by atoms with Crippen LogP contribution in [0.5, 0.6) is 0 Å². The number of fused-ring (bicyclic) bond motifs is 1. The van der Waals surface area contributed by atoms with Gasteiger partial charge in [-0.2, -0.15) is 0 Å². The summed E-state index contributed by atoms with van der Waals surface area (Å²) in [5.74, 6) is -0.191. The molecule has 0 aliphatic rings. The predicted molar refractivity (Wildman–Crippen MR) is 75.1 cm³/mol. The van der Waals surface area contributed by atoms with Crippen LogP contribution in [0.15, 0.2) is 59.2 Å². The topological polar surface area (TPSA) is 4.93 Å². The van der Waals surface area contributed by atoms with Crippen molar-refractivity contribution in [3.63, 3.8) is 0 Å². The summed E-state index contributed by atoms with van der Waals surface area (Å²) in [7, 11) is 0. The van der Waals surface area contributed by atoms with Gasteiger partial charge in [0.1, 0.15) is 5.82 Å². The summed E-state index contributed by atoms with van der Waals surface area (Å²) in [6.07, 6.45) is 1.99. The number of rotatable bonds is 2. The molecule has 0 amide bonds. The molecule has 0 saturated carbocycles. The largest absolute Gasteiger partial charge is 0.343 e. The van der Waals surface area contributed by atoms with Crippen molar-refractivity contribution in [1.29, 1.82) is 0 Å². The third-order valence-electron chi connectivity index (χ3n) is 3.00. The lowest BCUT2D eigenvalue weighted by Gasteiger charge is -2.06. The van der Waals surface area contributed by atoms with Crippen LogP contribution in [0, 0.1) is 5.82 Å². The van der Waals surface area contributed by atoms with Crippen molar-refractivity contribution in [2.24, 2.45) is 0 Å². The Balaban J connectivity index is 1.97. The quantitative estimate of drug-likeness (QED) is 0.652. The van der Waals surface area contributed by atoms with Crippen LogP contribution in [0.3, 0.4) is 0 Å². The van der Waals surface area contributed by atoms with Crippen molar-refractivity contribution >= 4 is 26.8 Å². The summed E-state index contributed by atoms with van der Waals surface area (Å²) < 4.78 is 16.3. The number of halogens is 2. The van der Waals surface area contributed by atoms with E-state index < -0.39 is 0 Å². The molecule has 2 aromatic carbocycles. The number of benzene rings is 2. The molecular weight excluding hydrogens is 293 g/mol. The molecule has 3 heteroatoms. The minimum Gasteiger partial charge on any atom is -0.343 e. The lowest BCUT2D eigenvalue weighted by molar-refractivity contribution is 0.629. The van der Waals surface area contributed by atoms with Gasteiger partial charge in [-0.05, 0) is 42.0 Å². The van der Waals surface area contributed by atoms with Crippen molar-refractivity contribution < 1.29 is 4.39 Å². The lowest BCUT2D eigenvalue weighted by Crippen LogP contribution is -1.97. The molecule has 0 unspecified atom stereocenters. The SMILES string of the molecule is Fc1ccc2c(ccn2Cc2ccc(Br)cc2)c1. The van der Waals surface area contributed by atoms with E-state index in [-0.39, 0.29) is 5.82 Å². The average molecular weight is 304 g/mol. The maximum absolute atomic E-state index is 13.1. The van der Waals surface area contributed by atoms with Crippen LogP contribution in [0.25, 0.3) is 10.9 Å². The van der Waals surface area contributed by atoms with Gasteiger partial charge in [-0.15, -0.1) is 0 Å². The minimum absolute atomic E-state index is 0.191. The predicted octanol–water partition coefficient (Wildman–Crippen LogP) is 4.59. The molecule has 3 rings (SSSR count). The first-order valence-corrected chi connectivity index (χ1v) is 6.50. The van der Waals surface area contributed by atoms with Crippen molar-refractivity contribution in [3.05, 3.63) is 70.6 Å². The first-order chi connectivity index (χ1) is 8.72. The molecule has 0 saturated heterocycles. The summed E-state index contributed by atoms with van der Waals surface area (Å²) in [5, 5.41) is 0.937. The monoisotopic (exact) mass is 303 g/mol. The highest BCUT2D eigenvalue weighted by molar-refractivity contribution is 9.10. The van der Waals surface area contributed by atoms with Gasteiger partial charge in [0.25, 0.3) is 0 Å². The van der Waals surface area contributed by atoms with Gasteiger partial charge in [-0.1, -0.05) is 28.1 Å². The van der Waals surface area contributed by atoms with Crippen LogP contribution < -0.4 is 0 Å². The molecule has 0 radical (unpaired) electrons. The summed E-state index contributed by atoms with van der Waals surface area (Å²) in [4.78, 5) is 0. The molecule has 3 aromatic rings. The molecule has 1 nitrogen and oxygen atoms in total. The molecule has 18 heavy (non-hydrogen) atoms. The van der Waals surface area contributed by atoms with E-state index in [2.05, 4.69) is 32.6 Å². The van der Waals surface area contributed by atoms with Gasteiger partial charge in [0, 0.05) is 28.1 Å². The Hall–Kier alpha value is -1.61. The van der Waals surface area contributed by atoms with Gasteiger partial charge in [-0.25, -0.2) is 4.39 Å². The summed E-state index contributed by atoms with van der Waals surface area (Å²) >= 11 is 3.42. The second kappa shape index (κ2) is 4.58. The molecule has 1 aromatic heterocycles. The van der Waals surface area contributed by atoms with Gasteiger partial charge in [0.2, 0.25) is 0 Å². The first kappa shape index (κ1) is 11.5. The molecule has 0 bridgehead atoms. The van der Waals surface area contributed by atoms with Gasteiger partial charge in [-0.3, -0.25) is 0 Å². The maximum atomic E-state index is 13.1. The molecule has 0 fully saturated rings. The van der Waals surface area contributed by atoms with Crippen LogP contribution in [-0.4, -0.2) is 4.57 Å². The van der Waals surface area contributed by atoms with E-state index in [9.17, 15) is 4.39 Å². The van der Waals surface area contributed by atoms with Crippen LogP contribution in [0.2, 0.25) is 0 Å². The number of hydrogen-bond donors (Lipinski definition) is 0. The average Bonchev–Trinajstić information content (AvgIpc) is 2.74. The van der Waals surface area contributed by atoms with E-state index in [1.54, 1.807) is 6.07 Å². The smallest absolute Gasteiger partial charge is 0.123 e. The summed E-state index contributed by atoms with van der Waals surface area (Å²) in [6, 6.07) is 15.1. The number of hydrogen-bond acceptors (Lipinski definition) is 0. The van der Waals surface area contributed by atoms with Gasteiger partial charge in [0.05, 0.1) is 0 Å². The summed E-state index contributed by atoms with van der Waals surface area (Å²) in [6.45, 7) is 0.794. The third-order valence-corrected chi connectivity index (χ3v) is 3.53. The van der Waals surface area contributed by atoms with E-state index >= 15 is 0 Å². The normalized spacial score (nSPS) is 11.0. The van der Waals surface area contributed by atoms with Crippen molar-refractivity contribution in [3.8, 4) is 0 Å². The van der Waals surface area contributed by atoms with Gasteiger partial charge in [0.15, 0.2) is 0 Å². The fraction of sp³-hybridized carbons (Fsp3) is 0.0667. The highest BCUT2D eigenvalue weighted by Gasteiger charge is 2.02. The Kier molecular flexibility index (Phi) is 2.92. The van der Waals surface area contributed by atoms with Crippen molar-refractivity contribution in [1.82, 2.24) is 4.57 Å². The third kappa shape index (κ3) is 2.18. The zero-order chi connectivity index (χ0) is 12.5. The summed E-state index contributed by atoms with van der Waals surface area (Å²) in [5.41, 5.74) is 2.28. The van der Waals surface area contributed by atoms with Gasteiger partial charge < -0.3 is 4.57 Å². The number of aromatic nitrogens is 1. The minimum atomic E-state index is -0.191. The van der Waals surface area contributed by atoms with Crippen LogP contribution in [0.1, 0.15) is 5.56 Å². The van der Waals surface area contributed by atoms with E-state index in [4.69, 9.17) is 0 Å².